The zero-order valence-corrected chi connectivity index (χ0v) is 34.4. The SMILES string of the molecule is COC(=O)/C(C)=C\CC1(O)C(=O)C(C)C(n2cnc(N)n2)C2C(=O)c3c(OC)c4c(c(CC=C(C)C)c3OC21C(C)C(C)C)OC(C)(CCC=C(C)C)C=C4. The van der Waals surface area contributed by atoms with Crippen LogP contribution >= 0.6 is 0 Å². The van der Waals surface area contributed by atoms with Gasteiger partial charge in [0.2, 0.25) is 5.95 Å². The number of ketones is 2. The lowest BCUT2D eigenvalue weighted by atomic mass is 9.50. The fraction of sp³-hybridized carbons (Fsp3) is 0.558. The van der Waals surface area contributed by atoms with Crippen molar-refractivity contribution >= 4 is 29.6 Å². The number of rotatable bonds is 12. The number of anilines is 1. The van der Waals surface area contributed by atoms with E-state index in [1.54, 1.807) is 13.8 Å². The van der Waals surface area contributed by atoms with Gasteiger partial charge in [-0.3, -0.25) is 9.59 Å². The Bertz CT molecular complexity index is 1980. The van der Waals surface area contributed by atoms with Crippen molar-refractivity contribution in [2.75, 3.05) is 20.0 Å². The van der Waals surface area contributed by atoms with Crippen molar-refractivity contribution in [1.29, 1.82) is 0 Å². The van der Waals surface area contributed by atoms with Gasteiger partial charge >= 0.3 is 5.97 Å². The molecule has 1 aliphatic carbocycles. The lowest BCUT2D eigenvalue weighted by Gasteiger charge is -2.61. The van der Waals surface area contributed by atoms with Gasteiger partial charge < -0.3 is 29.8 Å². The summed E-state index contributed by atoms with van der Waals surface area (Å²) in [6.07, 6.45) is 12.5. The summed E-state index contributed by atoms with van der Waals surface area (Å²) in [5, 5.41) is 17.7. The monoisotopic (exact) mass is 758 g/mol. The molecule has 1 aromatic carbocycles. The van der Waals surface area contributed by atoms with E-state index in [1.165, 1.54) is 36.9 Å². The molecule has 1 saturated carbocycles. The van der Waals surface area contributed by atoms with Crippen LogP contribution in [0.2, 0.25) is 0 Å². The van der Waals surface area contributed by atoms with Crippen LogP contribution in [0.1, 0.15) is 116 Å². The Kier molecular flexibility index (Phi) is 11.6. The molecule has 12 nitrogen and oxygen atoms in total. The van der Waals surface area contributed by atoms with Gasteiger partial charge in [-0.1, -0.05) is 57.1 Å². The van der Waals surface area contributed by atoms with Crippen LogP contribution in [0.25, 0.3) is 6.08 Å². The topological polar surface area (TPSA) is 165 Å². The molecule has 12 heteroatoms. The van der Waals surface area contributed by atoms with Crippen LogP contribution < -0.4 is 19.9 Å². The number of aliphatic hydroxyl groups is 1. The number of carbonyl (C=O) groups excluding carboxylic acids is 3. The number of aromatic nitrogens is 3. The Hall–Kier alpha value is -4.71. The largest absolute Gasteiger partial charge is 0.495 e. The predicted molar refractivity (Wildman–Crippen MR) is 211 cm³/mol. The van der Waals surface area contributed by atoms with Crippen LogP contribution in [0.5, 0.6) is 17.2 Å². The van der Waals surface area contributed by atoms with Crippen molar-refractivity contribution in [2.45, 2.75) is 118 Å². The second kappa shape index (κ2) is 15.4. The van der Waals surface area contributed by atoms with Gasteiger partial charge in [-0.25, -0.2) is 14.5 Å². The number of hydrogen-bond acceptors (Lipinski definition) is 11. The molecule has 7 unspecified atom stereocenters. The van der Waals surface area contributed by atoms with Gasteiger partial charge in [0, 0.05) is 29.4 Å². The van der Waals surface area contributed by atoms with Crippen LogP contribution in [0.3, 0.4) is 0 Å². The number of allylic oxidation sites excluding steroid dienone is 4. The molecular weight excluding hydrogens is 700 g/mol. The van der Waals surface area contributed by atoms with E-state index in [2.05, 4.69) is 30.0 Å². The van der Waals surface area contributed by atoms with E-state index in [0.29, 0.717) is 29.7 Å². The van der Waals surface area contributed by atoms with E-state index in [0.717, 1.165) is 12.0 Å². The average molecular weight is 759 g/mol. The molecule has 3 aliphatic rings. The Balaban J connectivity index is 1.91. The van der Waals surface area contributed by atoms with E-state index < -0.39 is 52.4 Å². The maximum absolute atomic E-state index is 15.8. The van der Waals surface area contributed by atoms with E-state index in [4.69, 9.17) is 24.7 Å². The number of methoxy groups -OCH3 is 2. The smallest absolute Gasteiger partial charge is 0.333 e. The fourth-order valence-electron chi connectivity index (χ4n) is 8.59. The number of esters is 1. The van der Waals surface area contributed by atoms with Gasteiger partial charge in [0.25, 0.3) is 0 Å². The van der Waals surface area contributed by atoms with Crippen LogP contribution in [-0.2, 0) is 20.7 Å². The molecule has 298 valence electrons. The highest BCUT2D eigenvalue weighted by atomic mass is 16.5. The van der Waals surface area contributed by atoms with Crippen molar-refractivity contribution < 1.29 is 38.4 Å². The fourth-order valence-corrected chi connectivity index (χ4v) is 8.59. The first-order chi connectivity index (χ1) is 25.8. The van der Waals surface area contributed by atoms with Crippen molar-refractivity contribution in [3.05, 3.63) is 64.0 Å². The number of nitrogen functional groups attached to an aromatic ring is 1. The molecule has 0 amide bonds. The maximum Gasteiger partial charge on any atom is 0.333 e. The van der Waals surface area contributed by atoms with E-state index >= 15 is 9.59 Å². The summed E-state index contributed by atoms with van der Waals surface area (Å²) in [5.41, 5.74) is 4.95. The van der Waals surface area contributed by atoms with Crippen molar-refractivity contribution in [3.8, 4) is 17.2 Å². The molecule has 3 N–H and O–H groups in total. The van der Waals surface area contributed by atoms with Gasteiger partial charge in [-0.2, -0.15) is 0 Å². The third-order valence-electron chi connectivity index (χ3n) is 11.8. The third kappa shape index (κ3) is 7.02. The number of nitrogens with zero attached hydrogens (tertiary/aromatic N) is 3. The van der Waals surface area contributed by atoms with Crippen molar-refractivity contribution in [1.82, 2.24) is 14.8 Å². The third-order valence-corrected chi connectivity index (χ3v) is 11.8. The summed E-state index contributed by atoms with van der Waals surface area (Å²) in [6, 6.07) is -0.961. The highest BCUT2D eigenvalue weighted by Gasteiger charge is 2.74. The molecule has 5 rings (SSSR count). The molecule has 3 heterocycles. The summed E-state index contributed by atoms with van der Waals surface area (Å²) in [6.45, 7) is 19.2. The van der Waals surface area contributed by atoms with Gasteiger partial charge in [0.05, 0.1) is 31.7 Å². The molecule has 0 radical (unpaired) electrons. The standard InChI is InChI=1S/C43H58N4O8/c1-23(2)14-13-19-41(10)20-18-30-35(54-41)29(16-15-24(3)4)37-31(36(30)52-11)34(48)32-33(47-22-45-40(44)46-47)27(8)38(49)42(51,21-17-26(7)39(50)53-12)43(32,55-37)28(9)25(5)6/h14-15,17-18,20,22,25,27-28,32-33,51H,13,16,19,21H2,1-12H3,(H2,44,46)/b26-17-. The van der Waals surface area contributed by atoms with E-state index in [9.17, 15) is 9.90 Å². The normalized spacial score (nSPS) is 27.6. The Morgan fingerprint density at radius 3 is 2.29 bits per heavy atom. The number of carbonyl (C=O) groups is 3. The lowest BCUT2D eigenvalue weighted by Crippen LogP contribution is -2.77. The zero-order valence-electron chi connectivity index (χ0n) is 34.4. The number of benzene rings is 1. The molecule has 2 aromatic rings. The molecule has 0 spiro atoms. The molecule has 0 bridgehead atoms. The summed E-state index contributed by atoms with van der Waals surface area (Å²) in [4.78, 5) is 47.6. The predicted octanol–water partition coefficient (Wildman–Crippen LogP) is 7.21. The summed E-state index contributed by atoms with van der Waals surface area (Å²) >= 11 is 0. The van der Waals surface area contributed by atoms with E-state index in [-0.39, 0.29) is 46.7 Å². The molecule has 55 heavy (non-hydrogen) atoms. The highest BCUT2D eigenvalue weighted by Crippen LogP contribution is 2.62. The first kappa shape index (κ1) is 41.5. The Morgan fingerprint density at radius 2 is 1.73 bits per heavy atom. The molecule has 1 fully saturated rings. The molecule has 2 aliphatic heterocycles. The van der Waals surface area contributed by atoms with E-state index in [1.807, 2.05) is 59.8 Å². The summed E-state index contributed by atoms with van der Waals surface area (Å²) < 4.78 is 26.9. The first-order valence-electron chi connectivity index (χ1n) is 19.1. The number of fused-ring (bicyclic) bond motifs is 3. The second-order valence-corrected chi connectivity index (χ2v) is 16.5. The minimum Gasteiger partial charge on any atom is -0.495 e. The molecule has 7 atom stereocenters. The Morgan fingerprint density at radius 1 is 1.05 bits per heavy atom. The average Bonchev–Trinajstić information content (AvgIpc) is 3.56. The lowest BCUT2D eigenvalue weighted by molar-refractivity contribution is -0.222. The van der Waals surface area contributed by atoms with Gasteiger partial charge in [-0.05, 0) is 78.9 Å². The Labute approximate surface area is 324 Å². The number of hydrogen-bond donors (Lipinski definition) is 2. The van der Waals surface area contributed by atoms with Gasteiger partial charge in [0.1, 0.15) is 34.7 Å². The van der Waals surface area contributed by atoms with Gasteiger partial charge in [0.15, 0.2) is 22.8 Å². The highest BCUT2D eigenvalue weighted by molar-refractivity contribution is 6.09. The zero-order chi connectivity index (χ0) is 40.8. The second-order valence-electron chi connectivity index (χ2n) is 16.5. The molecule has 1 aromatic heterocycles. The van der Waals surface area contributed by atoms with Gasteiger partial charge in [-0.15, -0.1) is 5.10 Å². The number of Topliss-reactive ketones (excluding diaryl/α,β-unsaturated/α-hetero) is 2. The van der Waals surface area contributed by atoms with Crippen molar-refractivity contribution in [3.63, 3.8) is 0 Å². The minimum absolute atomic E-state index is 0.0326. The van der Waals surface area contributed by atoms with Crippen LogP contribution in [0.15, 0.2) is 47.4 Å². The number of nitrogens with two attached hydrogens (primary N) is 1. The number of ether oxygens (including phenoxy) is 4. The van der Waals surface area contributed by atoms with Crippen LogP contribution in [0, 0.1) is 23.7 Å². The van der Waals surface area contributed by atoms with Crippen LogP contribution in [-0.4, -0.2) is 68.4 Å². The molecular formula is C43H58N4O8. The maximum atomic E-state index is 15.8. The summed E-state index contributed by atoms with van der Waals surface area (Å²) in [5.74, 6) is -3.63. The summed E-state index contributed by atoms with van der Waals surface area (Å²) in [7, 11) is 2.77. The van der Waals surface area contributed by atoms with Crippen molar-refractivity contribution in [2.24, 2.45) is 23.7 Å². The quantitative estimate of drug-likeness (QED) is 0.128. The van der Waals surface area contributed by atoms with Crippen LogP contribution in [0.4, 0.5) is 5.95 Å². The molecule has 0 saturated heterocycles. The first-order valence-corrected chi connectivity index (χ1v) is 19.1. The minimum atomic E-state index is -2.32.